The van der Waals surface area contributed by atoms with Crippen LogP contribution in [-0.2, 0) is 35.3 Å². The second kappa shape index (κ2) is 18.9. The van der Waals surface area contributed by atoms with Crippen molar-refractivity contribution in [2.24, 2.45) is 0 Å². The molecule has 7 rings (SSSR count). The number of alkyl halides is 3. The zero-order valence-corrected chi connectivity index (χ0v) is 32.8. The van der Waals surface area contributed by atoms with Crippen molar-refractivity contribution in [2.45, 2.75) is 31.7 Å². The second-order valence-corrected chi connectivity index (χ2v) is 15.0. The van der Waals surface area contributed by atoms with Gasteiger partial charge in [-0.25, -0.2) is 4.85 Å². The predicted octanol–water partition coefficient (Wildman–Crippen LogP) is 8.58. The molecule has 2 heterocycles. The molecule has 2 amide bonds. The fraction of sp³-hybridized carbons (Fsp3) is 0.271. The number of rotatable bonds is 12. The Balaban J connectivity index is 1.14. The van der Waals surface area contributed by atoms with Crippen molar-refractivity contribution in [3.63, 3.8) is 0 Å². The van der Waals surface area contributed by atoms with Crippen LogP contribution in [0.1, 0.15) is 27.8 Å². The number of hydrogen-bond acceptors (Lipinski definition) is 5. The van der Waals surface area contributed by atoms with Crippen LogP contribution in [-0.4, -0.2) is 84.9 Å². The van der Waals surface area contributed by atoms with Gasteiger partial charge in [-0.3, -0.25) is 14.5 Å². The van der Waals surface area contributed by atoms with Gasteiger partial charge in [0.25, 0.3) is 0 Å². The maximum atomic E-state index is 14.7. The lowest BCUT2D eigenvalue weighted by Crippen LogP contribution is -2.56. The van der Waals surface area contributed by atoms with E-state index in [4.69, 9.17) is 6.57 Å². The Bertz CT molecular complexity index is 2210. The molecule has 0 radical (unpaired) electrons. The Morgan fingerprint density at radius 2 is 1.22 bits per heavy atom. The number of carbonyl (C=O) groups excluding carboxylic acids is 2. The Labute approximate surface area is 344 Å². The van der Waals surface area contributed by atoms with Gasteiger partial charge in [-0.2, -0.15) is 13.2 Å². The fourth-order valence-corrected chi connectivity index (χ4v) is 7.70. The molecule has 2 fully saturated rings. The molecule has 2 saturated heterocycles. The van der Waals surface area contributed by atoms with Crippen molar-refractivity contribution in [3.8, 4) is 0 Å². The summed E-state index contributed by atoms with van der Waals surface area (Å²) in [5.74, 6) is -0.618. The lowest BCUT2D eigenvalue weighted by Gasteiger charge is -2.39. The number of hydrogen-bond donors (Lipinski definition) is 0. The van der Waals surface area contributed by atoms with E-state index in [1.54, 1.807) is 17.0 Å². The first-order valence-electron chi connectivity index (χ1n) is 19.9. The summed E-state index contributed by atoms with van der Waals surface area (Å²) in [6.07, 6.45) is -1.44. The first kappa shape index (κ1) is 40.8. The molecule has 0 aromatic heterocycles. The molecular formula is C48H47F3N6O2. The Kier molecular flexibility index (Phi) is 13.1. The zero-order valence-electron chi connectivity index (χ0n) is 32.8. The van der Waals surface area contributed by atoms with Crippen LogP contribution >= 0.6 is 0 Å². The van der Waals surface area contributed by atoms with E-state index < -0.39 is 23.7 Å². The summed E-state index contributed by atoms with van der Waals surface area (Å²) in [6, 6.07) is 39.5. The molecule has 0 saturated carbocycles. The molecule has 2 aliphatic rings. The number of anilines is 2. The maximum Gasteiger partial charge on any atom is 0.416 e. The van der Waals surface area contributed by atoms with Crippen molar-refractivity contribution < 1.29 is 22.8 Å². The summed E-state index contributed by atoms with van der Waals surface area (Å²) in [4.78, 5) is 43.1. The van der Waals surface area contributed by atoms with Gasteiger partial charge in [0.2, 0.25) is 11.8 Å². The highest BCUT2D eigenvalue weighted by molar-refractivity contribution is 5.96. The summed E-state index contributed by atoms with van der Waals surface area (Å²) in [5, 5.41) is 0. The third kappa shape index (κ3) is 10.8. The molecule has 0 spiro atoms. The standard InChI is InChI=1S/C48H47F3N6O2/c1-52-42-21-14-38(15-22-42)34-45(47(59)56-28-26-53(27-29-56)35-39-8-4-2-5-9-39)57(46(58)25-18-37-12-19-41(20-13-37)48(49,50)51)36-40-16-23-44(24-17-40)55-32-30-54(31-33-55)43-10-6-3-7-11-43/h2-25,45H,26-36H2/b25-18+/t45-/m0/s1. The highest BCUT2D eigenvalue weighted by atomic mass is 19.4. The Morgan fingerprint density at radius 1 is 0.661 bits per heavy atom. The molecule has 1 atom stereocenters. The van der Waals surface area contributed by atoms with E-state index in [2.05, 4.69) is 68.1 Å². The summed E-state index contributed by atoms with van der Waals surface area (Å²) in [5.41, 5.74) is 5.24. The number of amides is 2. The molecule has 11 heteroatoms. The second-order valence-electron chi connectivity index (χ2n) is 15.0. The van der Waals surface area contributed by atoms with Crippen LogP contribution < -0.4 is 9.80 Å². The van der Waals surface area contributed by atoms with Gasteiger partial charge in [0.05, 0.1) is 12.1 Å². The highest BCUT2D eigenvalue weighted by Gasteiger charge is 2.34. The van der Waals surface area contributed by atoms with Crippen molar-refractivity contribution in [1.82, 2.24) is 14.7 Å². The Hall–Kier alpha value is -6.38. The third-order valence-corrected chi connectivity index (χ3v) is 11.1. The summed E-state index contributed by atoms with van der Waals surface area (Å²) in [6.45, 7) is 14.2. The van der Waals surface area contributed by atoms with Crippen LogP contribution in [0, 0.1) is 6.57 Å². The molecule has 8 nitrogen and oxygen atoms in total. The summed E-state index contributed by atoms with van der Waals surface area (Å²) < 4.78 is 39.8. The van der Waals surface area contributed by atoms with Crippen molar-refractivity contribution in [2.75, 3.05) is 62.2 Å². The van der Waals surface area contributed by atoms with Gasteiger partial charge < -0.3 is 19.6 Å². The summed E-state index contributed by atoms with van der Waals surface area (Å²) >= 11 is 0. The highest BCUT2D eigenvalue weighted by Crippen LogP contribution is 2.30. The molecule has 5 aromatic carbocycles. The predicted molar refractivity (Wildman–Crippen MR) is 227 cm³/mol. The minimum Gasteiger partial charge on any atom is -0.368 e. The van der Waals surface area contributed by atoms with Gasteiger partial charge >= 0.3 is 6.18 Å². The van der Waals surface area contributed by atoms with Gasteiger partial charge in [-0.1, -0.05) is 97.1 Å². The number of para-hydroxylation sites is 1. The van der Waals surface area contributed by atoms with Crippen molar-refractivity contribution in [1.29, 1.82) is 0 Å². The van der Waals surface area contributed by atoms with E-state index in [9.17, 15) is 22.8 Å². The lowest BCUT2D eigenvalue weighted by atomic mass is 10.0. The zero-order chi connectivity index (χ0) is 41.2. The average molecular weight is 797 g/mol. The Morgan fingerprint density at radius 3 is 1.80 bits per heavy atom. The number of benzene rings is 5. The number of halogens is 3. The molecule has 2 aliphatic heterocycles. The van der Waals surface area contributed by atoms with Crippen LogP contribution in [0.2, 0.25) is 0 Å². The fourth-order valence-electron chi connectivity index (χ4n) is 7.70. The molecule has 0 unspecified atom stereocenters. The molecule has 0 N–H and O–H groups in total. The average Bonchev–Trinajstić information content (AvgIpc) is 3.28. The van der Waals surface area contributed by atoms with E-state index in [1.165, 1.54) is 35.5 Å². The molecule has 5 aromatic rings. The summed E-state index contributed by atoms with van der Waals surface area (Å²) in [7, 11) is 0. The monoisotopic (exact) mass is 796 g/mol. The van der Waals surface area contributed by atoms with E-state index in [-0.39, 0.29) is 18.9 Å². The molecule has 0 aliphatic carbocycles. The van der Waals surface area contributed by atoms with Crippen molar-refractivity contribution in [3.05, 3.63) is 179 Å². The number of carbonyl (C=O) groups is 2. The van der Waals surface area contributed by atoms with Crippen LogP contribution in [0.3, 0.4) is 0 Å². The van der Waals surface area contributed by atoms with E-state index in [0.717, 1.165) is 61.7 Å². The van der Waals surface area contributed by atoms with Crippen LogP contribution in [0.5, 0.6) is 0 Å². The smallest absolute Gasteiger partial charge is 0.368 e. The lowest BCUT2D eigenvalue weighted by molar-refractivity contribution is -0.145. The first-order chi connectivity index (χ1) is 28.6. The van der Waals surface area contributed by atoms with Crippen LogP contribution in [0.25, 0.3) is 10.9 Å². The normalized spacial score (nSPS) is 15.5. The van der Waals surface area contributed by atoms with Crippen molar-refractivity contribution >= 4 is 35.0 Å². The molecular weight excluding hydrogens is 750 g/mol. The van der Waals surface area contributed by atoms with E-state index in [0.29, 0.717) is 37.4 Å². The number of nitrogens with zero attached hydrogens (tertiary/aromatic N) is 6. The van der Waals surface area contributed by atoms with Gasteiger partial charge in [0, 0.05) is 89.3 Å². The van der Waals surface area contributed by atoms with Gasteiger partial charge in [-0.05, 0) is 64.7 Å². The number of piperazine rings is 2. The minimum absolute atomic E-state index is 0.128. The topological polar surface area (TPSA) is 54.7 Å². The quantitative estimate of drug-likeness (QED) is 0.0936. The molecule has 302 valence electrons. The van der Waals surface area contributed by atoms with Crippen LogP contribution in [0.15, 0.2) is 140 Å². The maximum absolute atomic E-state index is 14.7. The SMILES string of the molecule is [C-]#[N+]c1ccc(C[C@@H](C(=O)N2CCN(Cc3ccccc3)CC2)N(Cc2ccc(N3CCN(c4ccccc4)CC3)cc2)C(=O)/C=C/c2ccc(C(F)(F)F)cc2)cc1. The van der Waals surface area contributed by atoms with Gasteiger partial charge in [-0.15, -0.1) is 0 Å². The third-order valence-electron chi connectivity index (χ3n) is 11.1. The molecule has 59 heavy (non-hydrogen) atoms. The van der Waals surface area contributed by atoms with Gasteiger partial charge in [0.1, 0.15) is 6.04 Å². The largest absolute Gasteiger partial charge is 0.416 e. The van der Waals surface area contributed by atoms with E-state index in [1.807, 2.05) is 53.4 Å². The van der Waals surface area contributed by atoms with Crippen LogP contribution in [0.4, 0.5) is 30.2 Å². The minimum atomic E-state index is -4.48. The van der Waals surface area contributed by atoms with Gasteiger partial charge in [0.15, 0.2) is 5.69 Å². The molecule has 0 bridgehead atoms. The van der Waals surface area contributed by atoms with E-state index >= 15 is 0 Å². The first-order valence-corrected chi connectivity index (χ1v) is 19.9.